The van der Waals surface area contributed by atoms with E-state index in [0.29, 0.717) is 19.6 Å². The number of carbonyl (C=O) groups is 1. The molecule has 0 spiro atoms. The number of carbonyl (C=O) groups excluding carboxylic acids is 1. The number of nitrogens with one attached hydrogen (secondary N) is 1. The summed E-state index contributed by atoms with van der Waals surface area (Å²) in [6, 6.07) is 5.99. The fourth-order valence-electron chi connectivity index (χ4n) is 1.77. The molecule has 0 unspecified atom stereocenters. The number of rotatable bonds is 8. The maximum Gasteiger partial charge on any atom is 0.223 e. The summed E-state index contributed by atoms with van der Waals surface area (Å²) in [5, 5.41) is 11.4. The van der Waals surface area contributed by atoms with Crippen LogP contribution in [0.1, 0.15) is 30.4 Å². The highest BCUT2D eigenvalue weighted by Crippen LogP contribution is 2.18. The standard InChI is InChI=1S/C15H23NO3/c1-12-5-6-14(13(2)11-12)19-10-7-15(18)16-8-3-4-9-17/h5-6,11,17H,3-4,7-10H2,1-2H3,(H,16,18). The van der Waals surface area contributed by atoms with Gasteiger partial charge in [-0.2, -0.15) is 0 Å². The molecule has 0 fully saturated rings. The zero-order valence-corrected chi connectivity index (χ0v) is 11.7. The van der Waals surface area contributed by atoms with Crippen LogP contribution < -0.4 is 10.1 Å². The smallest absolute Gasteiger partial charge is 0.223 e. The number of hydrogen-bond donors (Lipinski definition) is 2. The molecule has 0 saturated carbocycles. The SMILES string of the molecule is Cc1ccc(OCCC(=O)NCCCCO)c(C)c1. The number of ether oxygens (including phenoxy) is 1. The van der Waals surface area contributed by atoms with Crippen molar-refractivity contribution < 1.29 is 14.6 Å². The molecule has 106 valence electrons. The molecule has 1 amide bonds. The van der Waals surface area contributed by atoms with Crippen molar-refractivity contribution in [3.05, 3.63) is 29.3 Å². The largest absolute Gasteiger partial charge is 0.493 e. The highest BCUT2D eigenvalue weighted by atomic mass is 16.5. The molecule has 2 N–H and O–H groups in total. The second-order valence-electron chi connectivity index (χ2n) is 4.65. The van der Waals surface area contributed by atoms with Crippen molar-refractivity contribution in [2.45, 2.75) is 33.1 Å². The van der Waals surface area contributed by atoms with Crippen LogP contribution in [-0.4, -0.2) is 30.8 Å². The molecule has 19 heavy (non-hydrogen) atoms. The molecule has 0 aliphatic carbocycles. The molecular formula is C15H23NO3. The first-order valence-electron chi connectivity index (χ1n) is 6.71. The van der Waals surface area contributed by atoms with E-state index >= 15 is 0 Å². The van der Waals surface area contributed by atoms with Crippen LogP contribution >= 0.6 is 0 Å². The molecule has 0 bridgehead atoms. The van der Waals surface area contributed by atoms with Gasteiger partial charge < -0.3 is 15.2 Å². The zero-order valence-electron chi connectivity index (χ0n) is 11.7. The quantitative estimate of drug-likeness (QED) is 0.706. The maximum absolute atomic E-state index is 11.5. The Morgan fingerprint density at radius 2 is 2.11 bits per heavy atom. The Morgan fingerprint density at radius 1 is 1.32 bits per heavy atom. The van der Waals surface area contributed by atoms with Crippen molar-refractivity contribution in [3.8, 4) is 5.75 Å². The summed E-state index contributed by atoms with van der Waals surface area (Å²) >= 11 is 0. The highest BCUT2D eigenvalue weighted by Gasteiger charge is 2.03. The average molecular weight is 265 g/mol. The van der Waals surface area contributed by atoms with Crippen molar-refractivity contribution in [2.24, 2.45) is 0 Å². The molecule has 0 heterocycles. The molecule has 4 nitrogen and oxygen atoms in total. The van der Waals surface area contributed by atoms with Gasteiger partial charge in [0.1, 0.15) is 5.75 Å². The Morgan fingerprint density at radius 3 is 2.79 bits per heavy atom. The molecule has 1 rings (SSSR count). The van der Waals surface area contributed by atoms with Crippen LogP contribution in [0, 0.1) is 13.8 Å². The van der Waals surface area contributed by atoms with Gasteiger partial charge in [0.15, 0.2) is 0 Å². The summed E-state index contributed by atoms with van der Waals surface area (Å²) in [4.78, 5) is 11.5. The summed E-state index contributed by atoms with van der Waals surface area (Å²) in [5.41, 5.74) is 2.29. The first-order valence-corrected chi connectivity index (χ1v) is 6.71. The first kappa shape index (κ1) is 15.5. The van der Waals surface area contributed by atoms with E-state index in [1.807, 2.05) is 26.0 Å². The third-order valence-electron chi connectivity index (χ3n) is 2.82. The van der Waals surface area contributed by atoms with Gasteiger partial charge in [-0.05, 0) is 38.3 Å². The van der Waals surface area contributed by atoms with Gasteiger partial charge in [0.25, 0.3) is 0 Å². The zero-order chi connectivity index (χ0) is 14.1. The lowest BCUT2D eigenvalue weighted by Crippen LogP contribution is -2.26. The minimum absolute atomic E-state index is 0.0114. The predicted octanol–water partition coefficient (Wildman–Crippen LogP) is 1.96. The van der Waals surface area contributed by atoms with Crippen molar-refractivity contribution in [2.75, 3.05) is 19.8 Å². The molecule has 0 atom stereocenters. The van der Waals surface area contributed by atoms with E-state index in [0.717, 1.165) is 24.2 Å². The summed E-state index contributed by atoms with van der Waals surface area (Å²) in [6.07, 6.45) is 1.88. The number of aliphatic hydroxyl groups is 1. The molecule has 0 saturated heterocycles. The van der Waals surface area contributed by atoms with E-state index in [1.54, 1.807) is 0 Å². The topological polar surface area (TPSA) is 58.6 Å². The van der Waals surface area contributed by atoms with E-state index in [-0.39, 0.29) is 12.5 Å². The summed E-state index contributed by atoms with van der Waals surface area (Å²) in [5.74, 6) is 0.821. The molecule has 0 aliphatic heterocycles. The monoisotopic (exact) mass is 265 g/mol. The molecule has 4 heteroatoms. The van der Waals surface area contributed by atoms with E-state index in [9.17, 15) is 4.79 Å². The lowest BCUT2D eigenvalue weighted by Gasteiger charge is -2.10. The van der Waals surface area contributed by atoms with Gasteiger partial charge in [-0.1, -0.05) is 17.7 Å². The number of aryl methyl sites for hydroxylation is 2. The fourth-order valence-corrected chi connectivity index (χ4v) is 1.77. The van der Waals surface area contributed by atoms with E-state index in [2.05, 4.69) is 11.4 Å². The van der Waals surface area contributed by atoms with Crippen LogP contribution in [0.3, 0.4) is 0 Å². The maximum atomic E-state index is 11.5. The number of amides is 1. The van der Waals surface area contributed by atoms with Gasteiger partial charge in [-0.3, -0.25) is 4.79 Å². The lowest BCUT2D eigenvalue weighted by atomic mass is 10.1. The van der Waals surface area contributed by atoms with Crippen LogP contribution in [-0.2, 0) is 4.79 Å². The second-order valence-corrected chi connectivity index (χ2v) is 4.65. The van der Waals surface area contributed by atoms with E-state index in [1.165, 1.54) is 5.56 Å². The predicted molar refractivity (Wildman–Crippen MR) is 75.4 cm³/mol. The van der Waals surface area contributed by atoms with Crippen LogP contribution in [0.2, 0.25) is 0 Å². The van der Waals surface area contributed by atoms with Gasteiger partial charge >= 0.3 is 0 Å². The number of benzene rings is 1. The van der Waals surface area contributed by atoms with Crippen LogP contribution in [0.25, 0.3) is 0 Å². The first-order chi connectivity index (χ1) is 9.13. The molecule has 1 aromatic rings. The van der Waals surface area contributed by atoms with Crippen molar-refractivity contribution in [1.82, 2.24) is 5.32 Å². The van der Waals surface area contributed by atoms with Gasteiger partial charge in [-0.25, -0.2) is 0 Å². The number of unbranched alkanes of at least 4 members (excludes halogenated alkanes) is 1. The Hall–Kier alpha value is -1.55. The Kier molecular flexibility index (Phi) is 6.97. The van der Waals surface area contributed by atoms with E-state index < -0.39 is 0 Å². The van der Waals surface area contributed by atoms with Gasteiger partial charge in [-0.15, -0.1) is 0 Å². The molecule has 0 aromatic heterocycles. The Bertz CT molecular complexity index is 404. The Labute approximate surface area is 114 Å². The van der Waals surface area contributed by atoms with Crippen LogP contribution in [0.4, 0.5) is 0 Å². The van der Waals surface area contributed by atoms with Gasteiger partial charge in [0.05, 0.1) is 13.0 Å². The summed E-state index contributed by atoms with van der Waals surface area (Å²) in [6.45, 7) is 5.21. The van der Waals surface area contributed by atoms with Gasteiger partial charge in [0, 0.05) is 13.2 Å². The third-order valence-corrected chi connectivity index (χ3v) is 2.82. The fraction of sp³-hybridized carbons (Fsp3) is 0.533. The number of hydrogen-bond acceptors (Lipinski definition) is 3. The lowest BCUT2D eigenvalue weighted by molar-refractivity contribution is -0.121. The second kappa shape index (κ2) is 8.53. The molecule has 0 aliphatic rings. The van der Waals surface area contributed by atoms with Gasteiger partial charge in [0.2, 0.25) is 5.91 Å². The molecule has 0 radical (unpaired) electrons. The normalized spacial score (nSPS) is 10.3. The summed E-state index contributed by atoms with van der Waals surface area (Å²) in [7, 11) is 0. The molecular weight excluding hydrogens is 242 g/mol. The van der Waals surface area contributed by atoms with Crippen molar-refractivity contribution >= 4 is 5.91 Å². The van der Waals surface area contributed by atoms with Crippen LogP contribution in [0.15, 0.2) is 18.2 Å². The van der Waals surface area contributed by atoms with E-state index in [4.69, 9.17) is 9.84 Å². The third kappa shape index (κ3) is 6.25. The minimum Gasteiger partial charge on any atom is -0.493 e. The minimum atomic E-state index is -0.0114. The summed E-state index contributed by atoms with van der Waals surface area (Å²) < 4.78 is 5.59. The van der Waals surface area contributed by atoms with Crippen LogP contribution in [0.5, 0.6) is 5.75 Å². The average Bonchev–Trinajstić information content (AvgIpc) is 2.37. The molecule has 1 aromatic carbocycles. The van der Waals surface area contributed by atoms with Crippen molar-refractivity contribution in [3.63, 3.8) is 0 Å². The Balaban J connectivity index is 2.20. The number of aliphatic hydroxyl groups excluding tert-OH is 1. The van der Waals surface area contributed by atoms with Crippen molar-refractivity contribution in [1.29, 1.82) is 0 Å². The highest BCUT2D eigenvalue weighted by molar-refractivity contribution is 5.75.